The van der Waals surface area contributed by atoms with E-state index in [1.807, 2.05) is 30.3 Å². The highest BCUT2D eigenvalue weighted by atomic mass is 35.5. The Morgan fingerprint density at radius 2 is 1.92 bits per heavy atom. The Bertz CT molecular complexity index is 1010. The van der Waals surface area contributed by atoms with Crippen molar-refractivity contribution >= 4 is 34.4 Å². The van der Waals surface area contributed by atoms with Gasteiger partial charge < -0.3 is 14.6 Å². The van der Waals surface area contributed by atoms with Gasteiger partial charge in [-0.25, -0.2) is 4.98 Å². The molecule has 3 rings (SSSR count). The number of benzene rings is 2. The molecule has 132 valence electrons. The van der Waals surface area contributed by atoms with Crippen LogP contribution in [0.1, 0.15) is 15.9 Å². The van der Waals surface area contributed by atoms with Crippen LogP contribution >= 0.6 is 11.6 Å². The van der Waals surface area contributed by atoms with Crippen LogP contribution in [0.4, 0.5) is 0 Å². The van der Waals surface area contributed by atoms with E-state index < -0.39 is 5.78 Å². The number of hydrogen-bond donors (Lipinski definition) is 1. The van der Waals surface area contributed by atoms with Crippen LogP contribution in [0, 0.1) is 0 Å². The molecule has 0 spiro atoms. The molecular weight excluding hydrogens is 354 g/mol. The first-order valence-corrected chi connectivity index (χ1v) is 8.14. The van der Waals surface area contributed by atoms with Crippen molar-refractivity contribution in [1.82, 2.24) is 4.98 Å². The maximum Gasteiger partial charge on any atom is 0.203 e. The minimum atomic E-state index is -0.396. The molecule has 2 aromatic carbocycles. The van der Waals surface area contributed by atoms with Gasteiger partial charge in [0, 0.05) is 10.9 Å². The quantitative estimate of drug-likeness (QED) is 0.407. The molecule has 0 aliphatic carbocycles. The highest BCUT2D eigenvalue weighted by Gasteiger charge is 2.17. The van der Waals surface area contributed by atoms with Gasteiger partial charge in [0.25, 0.3) is 0 Å². The summed E-state index contributed by atoms with van der Waals surface area (Å²) in [6.07, 6.45) is 2.90. The van der Waals surface area contributed by atoms with Gasteiger partial charge in [-0.2, -0.15) is 0 Å². The van der Waals surface area contributed by atoms with E-state index in [2.05, 4.69) is 4.98 Å². The first-order valence-electron chi connectivity index (χ1n) is 7.76. The number of ketones is 1. The fourth-order valence-corrected chi connectivity index (χ4v) is 2.80. The van der Waals surface area contributed by atoms with Crippen LogP contribution in [-0.2, 0) is 0 Å². The van der Waals surface area contributed by atoms with Crippen LogP contribution in [0.2, 0.25) is 5.15 Å². The molecule has 0 saturated heterocycles. The zero-order valence-electron chi connectivity index (χ0n) is 14.2. The number of aromatic hydroxyl groups is 1. The van der Waals surface area contributed by atoms with Crippen molar-refractivity contribution < 1.29 is 19.4 Å². The molecule has 1 aromatic heterocycles. The number of halogens is 1. The Hall–Kier alpha value is -3.05. The molecule has 1 heterocycles. The Labute approximate surface area is 155 Å². The number of fused-ring (bicyclic) bond motifs is 1. The molecule has 0 radical (unpaired) electrons. The van der Waals surface area contributed by atoms with Gasteiger partial charge >= 0.3 is 0 Å². The maximum atomic E-state index is 12.5. The van der Waals surface area contributed by atoms with Crippen LogP contribution in [-0.4, -0.2) is 30.1 Å². The number of phenols is 1. The van der Waals surface area contributed by atoms with E-state index in [1.54, 1.807) is 12.1 Å². The second-order valence-corrected chi connectivity index (χ2v) is 5.81. The number of aromatic nitrogens is 1. The molecule has 0 bridgehead atoms. The predicted octanol–water partition coefficient (Wildman–Crippen LogP) is 4.51. The first kappa shape index (κ1) is 17.8. The molecule has 0 aliphatic heterocycles. The SMILES string of the molecule is COc1ccc(C(=O)/C=C/c2cc3ccccc3nc2Cl)c(O)c1OC. The topological polar surface area (TPSA) is 68.7 Å². The smallest absolute Gasteiger partial charge is 0.203 e. The number of para-hydroxylation sites is 1. The standard InChI is InChI=1S/C20H16ClNO4/c1-25-17-10-8-14(18(24)19(17)26-2)16(23)9-7-13-11-12-5-3-4-6-15(12)22-20(13)21/h3-11,24H,1-2H3/b9-7+. The highest BCUT2D eigenvalue weighted by molar-refractivity contribution is 6.31. The summed E-state index contributed by atoms with van der Waals surface area (Å²) in [4.78, 5) is 16.8. The summed E-state index contributed by atoms with van der Waals surface area (Å²) in [5, 5.41) is 11.5. The average Bonchev–Trinajstić information content (AvgIpc) is 2.65. The normalized spacial score (nSPS) is 11.0. The number of pyridine rings is 1. The van der Waals surface area contributed by atoms with E-state index in [1.165, 1.54) is 26.4 Å². The number of ether oxygens (including phenoxy) is 2. The van der Waals surface area contributed by atoms with Gasteiger partial charge in [-0.15, -0.1) is 0 Å². The predicted molar refractivity (Wildman–Crippen MR) is 101 cm³/mol. The molecule has 6 heteroatoms. The minimum absolute atomic E-state index is 0.101. The fourth-order valence-electron chi connectivity index (χ4n) is 2.59. The van der Waals surface area contributed by atoms with Gasteiger partial charge in [0.1, 0.15) is 5.15 Å². The number of rotatable bonds is 5. The zero-order valence-corrected chi connectivity index (χ0v) is 14.9. The summed E-state index contributed by atoms with van der Waals surface area (Å²) in [7, 11) is 2.84. The van der Waals surface area contributed by atoms with Crippen LogP contribution in [0.15, 0.2) is 48.5 Å². The second-order valence-electron chi connectivity index (χ2n) is 5.46. The second kappa shape index (κ2) is 7.45. The molecular formula is C20H16ClNO4. The largest absolute Gasteiger partial charge is 0.504 e. The summed E-state index contributed by atoms with van der Waals surface area (Å²) in [5.74, 6) is -0.221. The van der Waals surface area contributed by atoms with Gasteiger partial charge in [-0.1, -0.05) is 29.8 Å². The third-order valence-corrected chi connectivity index (χ3v) is 4.21. The van der Waals surface area contributed by atoms with Crippen molar-refractivity contribution in [1.29, 1.82) is 0 Å². The minimum Gasteiger partial charge on any atom is -0.504 e. The lowest BCUT2D eigenvalue weighted by molar-refractivity contribution is 0.104. The molecule has 26 heavy (non-hydrogen) atoms. The van der Waals surface area contributed by atoms with Gasteiger partial charge in [-0.05, 0) is 36.4 Å². The number of methoxy groups -OCH3 is 2. The van der Waals surface area contributed by atoms with Crippen LogP contribution in [0.3, 0.4) is 0 Å². The maximum absolute atomic E-state index is 12.5. The number of carbonyl (C=O) groups excluding carboxylic acids is 1. The molecule has 0 amide bonds. The van der Waals surface area contributed by atoms with E-state index in [4.69, 9.17) is 21.1 Å². The Morgan fingerprint density at radius 3 is 2.65 bits per heavy atom. The summed E-state index contributed by atoms with van der Waals surface area (Å²) in [6.45, 7) is 0. The van der Waals surface area contributed by atoms with Gasteiger partial charge in [-0.3, -0.25) is 4.79 Å². The van der Waals surface area contributed by atoms with E-state index in [0.717, 1.165) is 10.9 Å². The molecule has 0 atom stereocenters. The molecule has 1 N–H and O–H groups in total. The summed E-state index contributed by atoms with van der Waals surface area (Å²) in [6, 6.07) is 12.4. The number of phenolic OH excluding ortho intramolecular Hbond substituents is 1. The Kier molecular flexibility index (Phi) is 5.09. The van der Waals surface area contributed by atoms with Crippen molar-refractivity contribution in [2.45, 2.75) is 0 Å². The molecule has 0 unspecified atom stereocenters. The fraction of sp³-hybridized carbons (Fsp3) is 0.100. The van der Waals surface area contributed by atoms with Crippen LogP contribution in [0.5, 0.6) is 17.2 Å². The first-order chi connectivity index (χ1) is 12.5. The van der Waals surface area contributed by atoms with Gasteiger partial charge in [0.2, 0.25) is 5.75 Å². The van der Waals surface area contributed by atoms with Crippen molar-refractivity contribution in [2.75, 3.05) is 14.2 Å². The molecule has 0 fully saturated rings. The van der Waals surface area contributed by atoms with E-state index in [-0.39, 0.29) is 17.1 Å². The Balaban J connectivity index is 1.94. The van der Waals surface area contributed by atoms with Gasteiger partial charge in [0.15, 0.2) is 17.3 Å². The summed E-state index contributed by atoms with van der Waals surface area (Å²) in [5.41, 5.74) is 1.49. The van der Waals surface area contributed by atoms with E-state index >= 15 is 0 Å². The van der Waals surface area contributed by atoms with Crippen LogP contribution in [0.25, 0.3) is 17.0 Å². The number of carbonyl (C=O) groups is 1. The summed E-state index contributed by atoms with van der Waals surface area (Å²) >= 11 is 6.19. The average molecular weight is 370 g/mol. The van der Waals surface area contributed by atoms with Crippen molar-refractivity contribution in [3.8, 4) is 17.2 Å². The number of allylic oxidation sites excluding steroid dienone is 1. The van der Waals surface area contributed by atoms with Crippen LogP contribution < -0.4 is 9.47 Å². The van der Waals surface area contributed by atoms with E-state index in [9.17, 15) is 9.90 Å². The zero-order chi connectivity index (χ0) is 18.7. The monoisotopic (exact) mass is 369 g/mol. The highest BCUT2D eigenvalue weighted by Crippen LogP contribution is 2.39. The molecule has 3 aromatic rings. The third-order valence-electron chi connectivity index (χ3n) is 3.90. The Morgan fingerprint density at radius 1 is 1.15 bits per heavy atom. The molecule has 5 nitrogen and oxygen atoms in total. The summed E-state index contributed by atoms with van der Waals surface area (Å²) < 4.78 is 10.2. The number of nitrogens with zero attached hydrogens (tertiary/aromatic N) is 1. The third kappa shape index (κ3) is 3.34. The lowest BCUT2D eigenvalue weighted by atomic mass is 10.1. The lowest BCUT2D eigenvalue weighted by Gasteiger charge is -2.11. The van der Waals surface area contributed by atoms with E-state index in [0.29, 0.717) is 16.5 Å². The molecule has 0 aliphatic rings. The van der Waals surface area contributed by atoms with Gasteiger partial charge in [0.05, 0.1) is 25.3 Å². The van der Waals surface area contributed by atoms with Crippen molar-refractivity contribution in [3.63, 3.8) is 0 Å². The lowest BCUT2D eigenvalue weighted by Crippen LogP contribution is -1.99. The molecule has 0 saturated carbocycles. The van der Waals surface area contributed by atoms with Crippen molar-refractivity contribution in [3.05, 3.63) is 64.8 Å². The number of hydrogen-bond acceptors (Lipinski definition) is 5. The van der Waals surface area contributed by atoms with Crippen molar-refractivity contribution in [2.24, 2.45) is 0 Å².